The maximum absolute atomic E-state index is 13.1. The van der Waals surface area contributed by atoms with Gasteiger partial charge in [0.15, 0.2) is 21.7 Å². The molecular weight excluding hydrogens is 492 g/mol. The first kappa shape index (κ1) is 24.8. The number of fused-ring (bicyclic) bond motifs is 1. The van der Waals surface area contributed by atoms with Gasteiger partial charge in [-0.1, -0.05) is 6.92 Å². The number of anilines is 1. The minimum absolute atomic E-state index is 0.136. The molecule has 11 heteroatoms. The molecule has 0 radical (unpaired) electrons. The fourth-order valence-corrected chi connectivity index (χ4v) is 7.28. The summed E-state index contributed by atoms with van der Waals surface area (Å²) in [5.74, 6) is 0.768. The molecule has 5 heterocycles. The number of nitrogens with zero attached hydrogens (tertiary/aromatic N) is 6. The van der Waals surface area contributed by atoms with Crippen LogP contribution in [0.4, 0.5) is 5.82 Å². The van der Waals surface area contributed by atoms with Crippen LogP contribution < -0.4 is 4.90 Å². The minimum atomic E-state index is -3.36. The fraction of sp³-hybridized carbons (Fsp3) is 0.654. The fourth-order valence-electron chi connectivity index (χ4n) is 5.91. The van der Waals surface area contributed by atoms with Crippen molar-refractivity contribution in [2.75, 3.05) is 37.5 Å². The molecule has 0 bridgehead atoms. The van der Waals surface area contributed by atoms with E-state index in [1.807, 2.05) is 23.9 Å². The summed E-state index contributed by atoms with van der Waals surface area (Å²) in [5, 5.41) is 9.41. The van der Waals surface area contributed by atoms with E-state index in [2.05, 4.69) is 23.8 Å². The average molecular weight is 529 g/mol. The standard InChI is InChI=1S/C26H36N6O4S/c1-5-25(3)17-35-13-11-30(25)21-14-20(26(9-10-26)37(4,33)34)31-24(29-21)19(16-28-31)23-18(2)15-27-32(23)22-8-6-7-12-36-22/h14-16,22H,5-13,17H2,1-4H3/t22?,25-/m1/s1. The summed E-state index contributed by atoms with van der Waals surface area (Å²) in [6.45, 7) is 8.97. The monoisotopic (exact) mass is 528 g/mol. The van der Waals surface area contributed by atoms with Crippen molar-refractivity contribution >= 4 is 21.3 Å². The molecule has 3 fully saturated rings. The van der Waals surface area contributed by atoms with Gasteiger partial charge in [-0.25, -0.2) is 22.6 Å². The van der Waals surface area contributed by atoms with E-state index in [4.69, 9.17) is 19.6 Å². The predicted octanol–water partition coefficient (Wildman–Crippen LogP) is 3.64. The van der Waals surface area contributed by atoms with E-state index in [0.29, 0.717) is 50.5 Å². The van der Waals surface area contributed by atoms with Crippen LogP contribution in [0.5, 0.6) is 0 Å². The predicted molar refractivity (Wildman–Crippen MR) is 140 cm³/mol. The summed E-state index contributed by atoms with van der Waals surface area (Å²) < 4.78 is 40.8. The zero-order valence-electron chi connectivity index (χ0n) is 22.1. The van der Waals surface area contributed by atoms with Crippen molar-refractivity contribution in [2.24, 2.45) is 0 Å². The Labute approximate surface area is 217 Å². The van der Waals surface area contributed by atoms with Crippen LogP contribution in [0.3, 0.4) is 0 Å². The molecule has 3 aliphatic rings. The van der Waals surface area contributed by atoms with E-state index in [0.717, 1.165) is 48.3 Å². The number of ether oxygens (including phenoxy) is 2. The number of rotatable bonds is 6. The first-order valence-corrected chi connectivity index (χ1v) is 15.2. The quantitative estimate of drug-likeness (QED) is 0.478. The third-order valence-corrected chi connectivity index (χ3v) is 10.6. The molecular formula is C26H36N6O4S. The summed E-state index contributed by atoms with van der Waals surface area (Å²) in [7, 11) is -3.36. The molecule has 6 rings (SSSR count). The molecule has 0 spiro atoms. The van der Waals surface area contributed by atoms with Crippen molar-refractivity contribution in [3.63, 3.8) is 0 Å². The molecule has 2 atom stereocenters. The van der Waals surface area contributed by atoms with Crippen molar-refractivity contribution < 1.29 is 17.9 Å². The van der Waals surface area contributed by atoms with E-state index >= 15 is 0 Å². The van der Waals surface area contributed by atoms with Gasteiger partial charge in [0.05, 0.1) is 48.1 Å². The van der Waals surface area contributed by atoms with E-state index in [9.17, 15) is 8.42 Å². The number of aryl methyl sites for hydroxylation is 1. The third-order valence-electron chi connectivity index (χ3n) is 8.56. The number of morpholine rings is 1. The Morgan fingerprint density at radius 1 is 1.16 bits per heavy atom. The number of aromatic nitrogens is 5. The van der Waals surface area contributed by atoms with Gasteiger partial charge in [-0.05, 0) is 57.9 Å². The lowest BCUT2D eigenvalue weighted by Gasteiger charge is -2.45. The smallest absolute Gasteiger partial charge is 0.167 e. The van der Waals surface area contributed by atoms with Crippen LogP contribution in [0.1, 0.15) is 69.9 Å². The molecule has 0 N–H and O–H groups in total. The molecule has 10 nitrogen and oxygen atoms in total. The molecule has 0 amide bonds. The van der Waals surface area contributed by atoms with Crippen LogP contribution in [0.15, 0.2) is 18.5 Å². The van der Waals surface area contributed by atoms with Gasteiger partial charge in [0.25, 0.3) is 0 Å². The van der Waals surface area contributed by atoms with Crippen molar-refractivity contribution in [1.82, 2.24) is 24.4 Å². The Balaban J connectivity index is 1.58. The van der Waals surface area contributed by atoms with E-state index in [-0.39, 0.29) is 11.8 Å². The summed E-state index contributed by atoms with van der Waals surface area (Å²) in [4.78, 5) is 7.44. The number of sulfone groups is 1. The molecule has 37 heavy (non-hydrogen) atoms. The Hall–Kier alpha value is -2.50. The maximum atomic E-state index is 13.1. The van der Waals surface area contributed by atoms with E-state index in [1.165, 1.54) is 6.26 Å². The highest BCUT2D eigenvalue weighted by atomic mass is 32.2. The maximum Gasteiger partial charge on any atom is 0.167 e. The second-order valence-corrected chi connectivity index (χ2v) is 13.4. The molecule has 3 aromatic heterocycles. The normalized spacial score (nSPS) is 26.1. The molecule has 1 saturated carbocycles. The van der Waals surface area contributed by atoms with E-state index < -0.39 is 14.6 Å². The Bertz CT molecular complexity index is 1440. The SMILES string of the molecule is CC[C@]1(C)COCCN1c1cc(C2(S(C)(=O)=O)CC2)n2ncc(-c3c(C)cnn3C3CCCCO3)c2n1. The van der Waals surface area contributed by atoms with Gasteiger partial charge in [-0.15, -0.1) is 0 Å². The van der Waals surface area contributed by atoms with Crippen LogP contribution in [0, 0.1) is 6.92 Å². The van der Waals surface area contributed by atoms with E-state index in [1.54, 1.807) is 10.7 Å². The summed E-state index contributed by atoms with van der Waals surface area (Å²) in [6, 6.07) is 1.95. The lowest BCUT2D eigenvalue weighted by atomic mass is 9.96. The van der Waals surface area contributed by atoms with Crippen LogP contribution in [-0.4, -0.2) is 71.0 Å². The first-order chi connectivity index (χ1) is 17.7. The molecule has 1 unspecified atom stereocenters. The van der Waals surface area contributed by atoms with Crippen LogP contribution in [-0.2, 0) is 24.1 Å². The van der Waals surface area contributed by atoms with Gasteiger partial charge in [0, 0.05) is 25.5 Å². The molecule has 3 aromatic rings. The molecule has 200 valence electrons. The largest absolute Gasteiger partial charge is 0.377 e. The third kappa shape index (κ3) is 3.88. The molecule has 1 aliphatic carbocycles. The molecule has 2 saturated heterocycles. The zero-order chi connectivity index (χ0) is 26.0. The van der Waals surface area contributed by atoms with Crippen LogP contribution in [0.2, 0.25) is 0 Å². The van der Waals surface area contributed by atoms with Crippen molar-refractivity contribution in [2.45, 2.75) is 75.8 Å². The minimum Gasteiger partial charge on any atom is -0.377 e. The summed E-state index contributed by atoms with van der Waals surface area (Å²) >= 11 is 0. The van der Waals surface area contributed by atoms with Gasteiger partial charge in [0.1, 0.15) is 10.6 Å². The molecule has 2 aliphatic heterocycles. The lowest BCUT2D eigenvalue weighted by molar-refractivity contribution is -0.0383. The van der Waals surface area contributed by atoms with Gasteiger partial charge < -0.3 is 14.4 Å². The summed E-state index contributed by atoms with van der Waals surface area (Å²) in [5.41, 5.74) is 3.85. The van der Waals surface area contributed by atoms with Crippen molar-refractivity contribution in [1.29, 1.82) is 0 Å². The highest BCUT2D eigenvalue weighted by molar-refractivity contribution is 7.91. The van der Waals surface area contributed by atoms with Gasteiger partial charge >= 0.3 is 0 Å². The molecule has 0 aromatic carbocycles. The number of hydrogen-bond acceptors (Lipinski definition) is 8. The second kappa shape index (κ2) is 8.78. The Morgan fingerprint density at radius 2 is 1.97 bits per heavy atom. The topological polar surface area (TPSA) is 104 Å². The van der Waals surface area contributed by atoms with Gasteiger partial charge in [0.2, 0.25) is 0 Å². The Morgan fingerprint density at radius 3 is 2.65 bits per heavy atom. The first-order valence-electron chi connectivity index (χ1n) is 13.3. The van der Waals surface area contributed by atoms with Crippen LogP contribution in [0.25, 0.3) is 16.9 Å². The highest BCUT2D eigenvalue weighted by Gasteiger charge is 2.56. The second-order valence-electron chi connectivity index (χ2n) is 11.1. The zero-order valence-corrected chi connectivity index (χ0v) is 22.9. The van der Waals surface area contributed by atoms with Crippen LogP contribution >= 0.6 is 0 Å². The van der Waals surface area contributed by atoms with Crippen molar-refractivity contribution in [3.8, 4) is 11.3 Å². The Kier molecular flexibility index (Phi) is 5.89. The average Bonchev–Trinajstić information content (AvgIpc) is 3.49. The van der Waals surface area contributed by atoms with Crippen molar-refractivity contribution in [3.05, 3.63) is 29.7 Å². The van der Waals surface area contributed by atoms with Gasteiger partial charge in [-0.3, -0.25) is 0 Å². The summed E-state index contributed by atoms with van der Waals surface area (Å²) in [6.07, 6.45) is 9.95. The lowest BCUT2D eigenvalue weighted by Crippen LogP contribution is -2.55. The van der Waals surface area contributed by atoms with Gasteiger partial charge in [-0.2, -0.15) is 10.2 Å². The number of hydrogen-bond donors (Lipinski definition) is 0. The highest BCUT2D eigenvalue weighted by Crippen LogP contribution is 2.53.